The predicted molar refractivity (Wildman–Crippen MR) is 92.7 cm³/mol. The summed E-state index contributed by atoms with van der Waals surface area (Å²) >= 11 is 11.8. The minimum absolute atomic E-state index is 0.302. The van der Waals surface area contributed by atoms with E-state index in [2.05, 4.69) is 4.72 Å². The molecule has 0 spiro atoms. The molecule has 0 heterocycles. The van der Waals surface area contributed by atoms with Crippen LogP contribution in [0.2, 0.25) is 10.0 Å². The van der Waals surface area contributed by atoms with Crippen molar-refractivity contribution in [2.75, 3.05) is 4.72 Å². The molecule has 0 aliphatic heterocycles. The van der Waals surface area contributed by atoms with E-state index < -0.39 is 10.0 Å². The summed E-state index contributed by atoms with van der Waals surface area (Å²) in [5.74, 6) is 0. The first-order chi connectivity index (χ1) is 10.1. The number of hydrogen-bond donors (Lipinski definition) is 1. The number of nitrogens with one attached hydrogen (secondary N) is 1. The van der Waals surface area contributed by atoms with E-state index in [1.54, 1.807) is 12.1 Å². The fourth-order valence-electron chi connectivity index (χ4n) is 2.35. The highest BCUT2D eigenvalue weighted by atomic mass is 35.5. The zero-order valence-corrected chi connectivity index (χ0v) is 15.1. The van der Waals surface area contributed by atoms with E-state index in [-0.39, 0.29) is 0 Å². The zero-order chi connectivity index (χ0) is 16.7. The molecule has 0 fully saturated rings. The van der Waals surface area contributed by atoms with Crippen LogP contribution in [-0.2, 0) is 10.0 Å². The van der Waals surface area contributed by atoms with Crippen LogP contribution >= 0.6 is 23.2 Å². The highest BCUT2D eigenvalue weighted by Gasteiger charge is 2.22. The predicted octanol–water partition coefficient (Wildman–Crippen LogP) is 5.03. The van der Waals surface area contributed by atoms with Gasteiger partial charge in [0.05, 0.1) is 20.6 Å². The Morgan fingerprint density at radius 2 is 1.41 bits per heavy atom. The highest BCUT2D eigenvalue weighted by Crippen LogP contribution is 2.30. The Morgan fingerprint density at radius 3 is 1.91 bits per heavy atom. The van der Waals surface area contributed by atoms with Crippen LogP contribution in [0.1, 0.15) is 22.3 Å². The van der Waals surface area contributed by atoms with Crippen LogP contribution in [-0.4, -0.2) is 8.42 Å². The number of halogens is 2. The summed E-state index contributed by atoms with van der Waals surface area (Å²) in [6.45, 7) is 7.43. The normalized spacial score (nSPS) is 11.5. The highest BCUT2D eigenvalue weighted by molar-refractivity contribution is 7.92. The molecule has 6 heteroatoms. The van der Waals surface area contributed by atoms with Gasteiger partial charge in [-0.1, -0.05) is 29.3 Å². The monoisotopic (exact) mass is 357 g/mol. The lowest BCUT2D eigenvalue weighted by Crippen LogP contribution is -2.17. The van der Waals surface area contributed by atoms with E-state index in [1.807, 2.05) is 33.8 Å². The van der Waals surface area contributed by atoms with Crippen molar-refractivity contribution < 1.29 is 8.42 Å². The van der Waals surface area contributed by atoms with Crippen LogP contribution in [0.5, 0.6) is 0 Å². The van der Waals surface area contributed by atoms with Gasteiger partial charge in [-0.05, 0) is 68.1 Å². The van der Waals surface area contributed by atoms with Crippen molar-refractivity contribution in [1.29, 1.82) is 0 Å². The summed E-state index contributed by atoms with van der Waals surface area (Å²) in [6.07, 6.45) is 0. The van der Waals surface area contributed by atoms with Gasteiger partial charge in [0.2, 0.25) is 0 Å². The van der Waals surface area contributed by atoms with Crippen LogP contribution in [0, 0.1) is 27.7 Å². The SMILES string of the molecule is Cc1cc(C)c(C)c(S(=O)(=O)Nc2ccc(Cl)c(Cl)c2)c1C. The summed E-state index contributed by atoms with van der Waals surface area (Å²) in [6, 6.07) is 6.62. The molecule has 0 saturated carbocycles. The zero-order valence-electron chi connectivity index (χ0n) is 12.8. The minimum Gasteiger partial charge on any atom is -0.280 e. The van der Waals surface area contributed by atoms with Crippen LogP contribution in [0.3, 0.4) is 0 Å². The van der Waals surface area contributed by atoms with E-state index in [0.29, 0.717) is 20.6 Å². The molecule has 3 nitrogen and oxygen atoms in total. The second kappa shape index (κ2) is 6.11. The fourth-order valence-corrected chi connectivity index (χ4v) is 4.32. The Labute approximate surface area is 141 Å². The van der Waals surface area contributed by atoms with Gasteiger partial charge < -0.3 is 0 Å². The molecule has 0 unspecified atom stereocenters. The maximum atomic E-state index is 12.8. The van der Waals surface area contributed by atoms with Gasteiger partial charge in [-0.25, -0.2) is 8.42 Å². The van der Waals surface area contributed by atoms with Crippen LogP contribution in [0.4, 0.5) is 5.69 Å². The quantitative estimate of drug-likeness (QED) is 0.837. The second-order valence-electron chi connectivity index (χ2n) is 5.32. The number of sulfonamides is 1. The van der Waals surface area contributed by atoms with E-state index in [4.69, 9.17) is 23.2 Å². The number of benzene rings is 2. The van der Waals surface area contributed by atoms with Crippen molar-refractivity contribution in [2.24, 2.45) is 0 Å². The summed E-state index contributed by atoms with van der Waals surface area (Å²) < 4.78 is 28.1. The van der Waals surface area contributed by atoms with Gasteiger partial charge in [-0.2, -0.15) is 0 Å². The van der Waals surface area contributed by atoms with Crippen molar-refractivity contribution >= 4 is 38.9 Å². The number of aryl methyl sites for hydroxylation is 2. The number of hydrogen-bond acceptors (Lipinski definition) is 2. The van der Waals surface area contributed by atoms with Gasteiger partial charge in [0.15, 0.2) is 0 Å². The lowest BCUT2D eigenvalue weighted by molar-refractivity contribution is 0.599. The molecule has 0 atom stereocenters. The van der Waals surface area contributed by atoms with E-state index in [9.17, 15) is 8.42 Å². The lowest BCUT2D eigenvalue weighted by Gasteiger charge is -2.17. The van der Waals surface area contributed by atoms with Crippen molar-refractivity contribution in [3.05, 3.63) is 56.6 Å². The molecule has 2 aromatic rings. The van der Waals surface area contributed by atoms with Gasteiger partial charge in [-0.15, -0.1) is 0 Å². The summed E-state index contributed by atoms with van der Waals surface area (Å²) in [5, 5.41) is 0.680. The Morgan fingerprint density at radius 1 is 0.864 bits per heavy atom. The molecule has 0 aromatic heterocycles. The molecule has 0 amide bonds. The fraction of sp³-hybridized carbons (Fsp3) is 0.250. The Hall–Kier alpha value is -1.23. The third-order valence-corrected chi connectivity index (χ3v) is 6.13. The summed E-state index contributed by atoms with van der Waals surface area (Å²) in [5.41, 5.74) is 3.76. The first kappa shape index (κ1) is 17.1. The van der Waals surface area contributed by atoms with Crippen molar-refractivity contribution in [2.45, 2.75) is 32.6 Å². The van der Waals surface area contributed by atoms with Crippen molar-refractivity contribution in [3.63, 3.8) is 0 Å². The average molecular weight is 358 g/mol. The first-order valence-corrected chi connectivity index (χ1v) is 8.92. The lowest BCUT2D eigenvalue weighted by atomic mass is 10.0. The van der Waals surface area contributed by atoms with Gasteiger partial charge in [0, 0.05) is 0 Å². The molecule has 0 saturated heterocycles. The van der Waals surface area contributed by atoms with Crippen molar-refractivity contribution in [1.82, 2.24) is 0 Å². The number of rotatable bonds is 3. The van der Waals surface area contributed by atoms with Gasteiger partial charge >= 0.3 is 0 Å². The van der Waals surface area contributed by atoms with Crippen LogP contribution in [0.15, 0.2) is 29.2 Å². The van der Waals surface area contributed by atoms with Crippen molar-refractivity contribution in [3.8, 4) is 0 Å². The molecule has 2 aromatic carbocycles. The molecular formula is C16H17Cl2NO2S. The molecule has 22 heavy (non-hydrogen) atoms. The topological polar surface area (TPSA) is 46.2 Å². The summed E-state index contributed by atoms with van der Waals surface area (Å²) in [4.78, 5) is 0.316. The first-order valence-electron chi connectivity index (χ1n) is 6.68. The smallest absolute Gasteiger partial charge is 0.262 e. The Bertz CT molecular complexity index is 819. The number of anilines is 1. The standard InChI is InChI=1S/C16H17Cl2NO2S/c1-9-7-10(2)12(4)16(11(9)3)22(20,21)19-13-5-6-14(17)15(18)8-13/h5-8,19H,1-4H3. The van der Waals surface area contributed by atoms with E-state index in [1.165, 1.54) is 6.07 Å². The second-order valence-corrected chi connectivity index (χ2v) is 7.76. The van der Waals surface area contributed by atoms with Gasteiger partial charge in [-0.3, -0.25) is 4.72 Å². The third-order valence-electron chi connectivity index (χ3n) is 3.74. The molecule has 0 bridgehead atoms. The molecular weight excluding hydrogens is 341 g/mol. The molecule has 0 aliphatic rings. The summed E-state index contributed by atoms with van der Waals surface area (Å²) in [7, 11) is -3.70. The molecule has 1 N–H and O–H groups in total. The molecule has 0 radical (unpaired) electrons. The molecule has 0 aliphatic carbocycles. The average Bonchev–Trinajstić information content (AvgIpc) is 2.40. The van der Waals surface area contributed by atoms with Crippen LogP contribution < -0.4 is 4.72 Å². The minimum atomic E-state index is -3.70. The molecule has 118 valence electrons. The van der Waals surface area contributed by atoms with Gasteiger partial charge in [0.25, 0.3) is 10.0 Å². The largest absolute Gasteiger partial charge is 0.280 e. The Balaban J connectivity index is 2.54. The van der Waals surface area contributed by atoms with E-state index in [0.717, 1.165) is 22.3 Å². The van der Waals surface area contributed by atoms with E-state index >= 15 is 0 Å². The maximum absolute atomic E-state index is 12.8. The maximum Gasteiger partial charge on any atom is 0.262 e. The molecule has 2 rings (SSSR count). The van der Waals surface area contributed by atoms with Crippen LogP contribution in [0.25, 0.3) is 0 Å². The van der Waals surface area contributed by atoms with Gasteiger partial charge in [0.1, 0.15) is 0 Å². The third kappa shape index (κ3) is 3.24. The Kier molecular flexibility index (Phi) is 4.76.